The lowest BCUT2D eigenvalue weighted by molar-refractivity contribution is 0.651. The average Bonchev–Trinajstić information content (AvgIpc) is 2.82. The fourth-order valence-electron chi connectivity index (χ4n) is 2.10. The zero-order chi connectivity index (χ0) is 15.4. The molecule has 21 heavy (non-hydrogen) atoms. The van der Waals surface area contributed by atoms with E-state index in [-0.39, 0.29) is 6.04 Å². The van der Waals surface area contributed by atoms with Gasteiger partial charge in [-0.15, -0.1) is 0 Å². The van der Waals surface area contributed by atoms with Crippen molar-refractivity contribution in [2.45, 2.75) is 33.4 Å². The Labute approximate surface area is 135 Å². The minimum Gasteiger partial charge on any atom is -0.356 e. The predicted octanol–water partition coefficient (Wildman–Crippen LogP) is 3.91. The summed E-state index contributed by atoms with van der Waals surface area (Å²) < 4.78 is 1.93. The number of halogens is 1. The molecule has 2 N–H and O–H groups in total. The Morgan fingerprint density at radius 1 is 1.38 bits per heavy atom. The number of hydrogen-bond acceptors (Lipinski definition) is 2. The summed E-state index contributed by atoms with van der Waals surface area (Å²) in [6.07, 6.45) is 2.05. The van der Waals surface area contributed by atoms with Gasteiger partial charge in [0.2, 0.25) is 0 Å². The summed E-state index contributed by atoms with van der Waals surface area (Å²) in [4.78, 5) is 0. The Kier molecular flexibility index (Phi) is 5.20. The van der Waals surface area contributed by atoms with Gasteiger partial charge in [0.15, 0.2) is 5.11 Å². The summed E-state index contributed by atoms with van der Waals surface area (Å²) >= 11 is 11.2. The molecule has 6 heteroatoms. The van der Waals surface area contributed by atoms with Crippen molar-refractivity contribution in [1.82, 2.24) is 15.1 Å². The van der Waals surface area contributed by atoms with E-state index >= 15 is 0 Å². The SMILES string of the molecule is CCn1cc(C(C)NC(=S)Nc2ccc(Cl)cc2)c(C)n1. The van der Waals surface area contributed by atoms with Crippen LogP contribution in [0.4, 0.5) is 5.69 Å². The molecule has 0 aliphatic carbocycles. The number of thiocarbonyl (C=S) groups is 1. The third kappa shape index (κ3) is 4.19. The fraction of sp³-hybridized carbons (Fsp3) is 0.333. The minimum atomic E-state index is 0.0950. The van der Waals surface area contributed by atoms with E-state index in [0.717, 1.165) is 23.5 Å². The maximum atomic E-state index is 5.86. The highest BCUT2D eigenvalue weighted by molar-refractivity contribution is 7.80. The van der Waals surface area contributed by atoms with Gasteiger partial charge in [-0.3, -0.25) is 4.68 Å². The number of anilines is 1. The lowest BCUT2D eigenvalue weighted by Crippen LogP contribution is -2.31. The van der Waals surface area contributed by atoms with Crippen LogP contribution in [0.2, 0.25) is 5.02 Å². The van der Waals surface area contributed by atoms with Gasteiger partial charge in [-0.05, 0) is 57.3 Å². The lowest BCUT2D eigenvalue weighted by Gasteiger charge is -2.16. The maximum absolute atomic E-state index is 5.86. The van der Waals surface area contributed by atoms with Gasteiger partial charge >= 0.3 is 0 Å². The molecule has 2 rings (SSSR count). The summed E-state index contributed by atoms with van der Waals surface area (Å²) in [7, 11) is 0. The summed E-state index contributed by atoms with van der Waals surface area (Å²) in [5.41, 5.74) is 3.08. The van der Waals surface area contributed by atoms with Crippen LogP contribution in [0.15, 0.2) is 30.5 Å². The van der Waals surface area contributed by atoms with Crippen molar-refractivity contribution in [1.29, 1.82) is 0 Å². The Hall–Kier alpha value is -1.59. The number of aryl methyl sites for hydroxylation is 2. The smallest absolute Gasteiger partial charge is 0.171 e. The molecular weight excluding hydrogens is 304 g/mol. The zero-order valence-electron chi connectivity index (χ0n) is 12.4. The van der Waals surface area contributed by atoms with Crippen LogP contribution in [0.3, 0.4) is 0 Å². The van der Waals surface area contributed by atoms with Gasteiger partial charge < -0.3 is 10.6 Å². The fourth-order valence-corrected chi connectivity index (χ4v) is 2.52. The van der Waals surface area contributed by atoms with Gasteiger partial charge in [-0.1, -0.05) is 11.6 Å². The van der Waals surface area contributed by atoms with E-state index in [2.05, 4.69) is 35.8 Å². The molecule has 1 unspecified atom stereocenters. The minimum absolute atomic E-state index is 0.0950. The number of benzene rings is 1. The van der Waals surface area contributed by atoms with Gasteiger partial charge in [0.25, 0.3) is 0 Å². The largest absolute Gasteiger partial charge is 0.356 e. The molecule has 0 amide bonds. The first-order valence-electron chi connectivity index (χ1n) is 6.86. The second-order valence-electron chi connectivity index (χ2n) is 4.85. The quantitative estimate of drug-likeness (QED) is 0.837. The van der Waals surface area contributed by atoms with E-state index in [1.807, 2.05) is 35.9 Å². The Morgan fingerprint density at radius 3 is 2.62 bits per heavy atom. The van der Waals surface area contributed by atoms with Crippen molar-refractivity contribution in [3.63, 3.8) is 0 Å². The molecule has 0 saturated carbocycles. The molecule has 0 fully saturated rings. The predicted molar refractivity (Wildman–Crippen MR) is 91.9 cm³/mol. The Morgan fingerprint density at radius 2 is 2.05 bits per heavy atom. The van der Waals surface area contributed by atoms with Gasteiger partial charge in [0.1, 0.15) is 0 Å². The molecule has 1 aromatic carbocycles. The van der Waals surface area contributed by atoms with E-state index in [0.29, 0.717) is 10.1 Å². The lowest BCUT2D eigenvalue weighted by atomic mass is 10.1. The first-order valence-corrected chi connectivity index (χ1v) is 7.65. The molecule has 1 aromatic heterocycles. The Balaban J connectivity index is 1.98. The maximum Gasteiger partial charge on any atom is 0.171 e. The highest BCUT2D eigenvalue weighted by Crippen LogP contribution is 2.17. The van der Waals surface area contributed by atoms with Crippen LogP contribution < -0.4 is 10.6 Å². The molecule has 1 atom stereocenters. The van der Waals surface area contributed by atoms with Crippen LogP contribution in [-0.2, 0) is 6.54 Å². The molecular formula is C15H19ClN4S. The molecule has 0 aliphatic rings. The van der Waals surface area contributed by atoms with Crippen LogP contribution in [0.25, 0.3) is 0 Å². The van der Waals surface area contributed by atoms with E-state index in [1.165, 1.54) is 0 Å². The first kappa shape index (κ1) is 15.8. The van der Waals surface area contributed by atoms with Crippen LogP contribution in [0, 0.1) is 6.92 Å². The van der Waals surface area contributed by atoms with E-state index in [1.54, 1.807) is 0 Å². The molecule has 1 heterocycles. The molecule has 2 aromatic rings. The van der Waals surface area contributed by atoms with E-state index < -0.39 is 0 Å². The molecule has 0 spiro atoms. The van der Waals surface area contributed by atoms with E-state index in [9.17, 15) is 0 Å². The van der Waals surface area contributed by atoms with Crippen molar-refractivity contribution in [3.8, 4) is 0 Å². The molecule has 0 radical (unpaired) electrons. The van der Waals surface area contributed by atoms with Crippen LogP contribution in [-0.4, -0.2) is 14.9 Å². The van der Waals surface area contributed by atoms with Crippen molar-refractivity contribution in [2.75, 3.05) is 5.32 Å². The van der Waals surface area contributed by atoms with Crippen LogP contribution in [0.1, 0.15) is 31.1 Å². The van der Waals surface area contributed by atoms with Gasteiger partial charge in [-0.25, -0.2) is 0 Å². The van der Waals surface area contributed by atoms with Gasteiger partial charge in [-0.2, -0.15) is 5.10 Å². The first-order chi connectivity index (χ1) is 9.99. The summed E-state index contributed by atoms with van der Waals surface area (Å²) in [6.45, 7) is 7.01. The number of hydrogen-bond donors (Lipinski definition) is 2. The molecule has 112 valence electrons. The summed E-state index contributed by atoms with van der Waals surface area (Å²) in [5, 5.41) is 12.1. The highest BCUT2D eigenvalue weighted by atomic mass is 35.5. The number of aromatic nitrogens is 2. The van der Waals surface area contributed by atoms with Crippen LogP contribution in [0.5, 0.6) is 0 Å². The third-order valence-electron chi connectivity index (χ3n) is 3.22. The zero-order valence-corrected chi connectivity index (χ0v) is 13.9. The summed E-state index contributed by atoms with van der Waals surface area (Å²) in [6, 6.07) is 7.52. The molecule has 0 aliphatic heterocycles. The second kappa shape index (κ2) is 6.91. The summed E-state index contributed by atoms with van der Waals surface area (Å²) in [5.74, 6) is 0. The molecule has 4 nitrogen and oxygen atoms in total. The monoisotopic (exact) mass is 322 g/mol. The Bertz CT molecular complexity index is 621. The van der Waals surface area contributed by atoms with Crippen molar-refractivity contribution in [2.24, 2.45) is 0 Å². The van der Waals surface area contributed by atoms with Crippen LogP contribution >= 0.6 is 23.8 Å². The van der Waals surface area contributed by atoms with Crippen molar-refractivity contribution >= 4 is 34.6 Å². The van der Waals surface area contributed by atoms with Gasteiger partial charge in [0.05, 0.1) is 11.7 Å². The second-order valence-corrected chi connectivity index (χ2v) is 5.70. The number of nitrogens with zero attached hydrogens (tertiary/aromatic N) is 2. The van der Waals surface area contributed by atoms with Gasteiger partial charge in [0, 0.05) is 29.0 Å². The molecule has 0 bridgehead atoms. The average molecular weight is 323 g/mol. The van der Waals surface area contributed by atoms with Crippen molar-refractivity contribution in [3.05, 3.63) is 46.7 Å². The van der Waals surface area contributed by atoms with Crippen molar-refractivity contribution < 1.29 is 0 Å². The molecule has 0 saturated heterocycles. The highest BCUT2D eigenvalue weighted by Gasteiger charge is 2.13. The number of nitrogens with one attached hydrogen (secondary N) is 2. The third-order valence-corrected chi connectivity index (χ3v) is 3.70. The number of rotatable bonds is 4. The topological polar surface area (TPSA) is 41.9 Å². The standard InChI is InChI=1S/C15H19ClN4S/c1-4-20-9-14(11(3)19-20)10(2)17-15(21)18-13-7-5-12(16)6-8-13/h5-10H,4H2,1-3H3,(H2,17,18,21). The van der Waals surface area contributed by atoms with E-state index in [4.69, 9.17) is 23.8 Å². The normalized spacial score (nSPS) is 12.0.